The zero-order valence-electron chi connectivity index (χ0n) is 32.0. The molecule has 1 aliphatic carbocycles. The maximum atomic E-state index is 7.78. The molecule has 13 rings (SSSR count). The second-order valence-electron chi connectivity index (χ2n) is 15.6. The Hall–Kier alpha value is -8.27. The van der Waals surface area contributed by atoms with Gasteiger partial charge in [-0.15, -0.1) is 0 Å². The first-order valence-electron chi connectivity index (χ1n) is 20.1. The second kappa shape index (κ2) is 12.1. The smallest absolute Gasteiger partial charge is 0.188 e. The van der Waals surface area contributed by atoms with Gasteiger partial charge in [-0.3, -0.25) is 9.97 Å². The van der Waals surface area contributed by atoms with E-state index in [0.29, 0.717) is 5.69 Å². The maximum absolute atomic E-state index is 7.78. The van der Waals surface area contributed by atoms with Gasteiger partial charge in [0.25, 0.3) is 0 Å². The van der Waals surface area contributed by atoms with Gasteiger partial charge < -0.3 is 13.9 Å². The third-order valence-electron chi connectivity index (χ3n) is 12.7. The quantitative estimate of drug-likeness (QED) is 0.168. The van der Waals surface area contributed by atoms with Crippen molar-refractivity contribution in [3.05, 3.63) is 222 Å². The van der Waals surface area contributed by atoms with Gasteiger partial charge >= 0.3 is 0 Å². The lowest BCUT2D eigenvalue weighted by atomic mass is 9.66. The topological polar surface area (TPSA) is 49.2 Å². The lowest BCUT2D eigenvalue weighted by molar-refractivity contribution is 0.436. The molecule has 2 aliphatic rings. The van der Waals surface area contributed by atoms with Crippen molar-refractivity contribution in [2.45, 2.75) is 5.41 Å². The number of nitrogens with zero attached hydrogens (tertiary/aromatic N) is 5. The van der Waals surface area contributed by atoms with E-state index in [1.54, 1.807) is 0 Å². The molecule has 0 radical (unpaired) electrons. The fourth-order valence-corrected chi connectivity index (χ4v) is 10.2. The van der Waals surface area contributed by atoms with Crippen molar-refractivity contribution >= 4 is 49.3 Å². The lowest BCUT2D eigenvalue weighted by Crippen LogP contribution is -2.32. The van der Waals surface area contributed by atoms with Crippen LogP contribution in [0, 0.1) is 6.57 Å². The predicted octanol–water partition coefficient (Wildman–Crippen LogP) is 13.4. The molecular formula is C54H31N5O. The standard InChI is InChI=1S/C54H31N5O/c1-55-35-23-26-49-41(30-35)40-28-33(22-25-48(40)58(49)36-12-3-2-4-13-36)34-21-24-43-51(29-34)60-50-20-10-7-16-42(50)54(43)44-17-11-27-56-52(44)53-45(54)31-37(32-57-53)59-46-18-8-5-14-38(46)39-15-6-9-19-47(39)59/h2-32H. The summed E-state index contributed by atoms with van der Waals surface area (Å²) >= 11 is 0. The van der Waals surface area contributed by atoms with E-state index in [2.05, 4.69) is 160 Å². The van der Waals surface area contributed by atoms with Crippen LogP contribution in [0.5, 0.6) is 11.5 Å². The first kappa shape index (κ1) is 32.8. The molecule has 0 bridgehead atoms. The number of ether oxygens (including phenoxy) is 1. The summed E-state index contributed by atoms with van der Waals surface area (Å²) < 4.78 is 11.6. The first-order valence-corrected chi connectivity index (χ1v) is 20.1. The van der Waals surface area contributed by atoms with Crippen LogP contribution in [0.15, 0.2) is 188 Å². The molecule has 1 atom stereocenters. The highest BCUT2D eigenvalue weighted by Gasteiger charge is 2.52. The van der Waals surface area contributed by atoms with Crippen molar-refractivity contribution in [1.82, 2.24) is 19.1 Å². The molecule has 0 N–H and O–H groups in total. The van der Waals surface area contributed by atoms with E-state index in [9.17, 15) is 0 Å². The fraction of sp³-hybridized carbons (Fsp3) is 0.0185. The summed E-state index contributed by atoms with van der Waals surface area (Å²) in [5.41, 5.74) is 14.5. The predicted molar refractivity (Wildman–Crippen MR) is 240 cm³/mol. The molecule has 278 valence electrons. The first-order chi connectivity index (χ1) is 29.7. The maximum Gasteiger partial charge on any atom is 0.188 e. The normalized spacial score (nSPS) is 14.8. The summed E-state index contributed by atoms with van der Waals surface area (Å²) in [5.74, 6) is 1.60. The van der Waals surface area contributed by atoms with Gasteiger partial charge in [0, 0.05) is 44.7 Å². The van der Waals surface area contributed by atoms with E-state index >= 15 is 0 Å². The van der Waals surface area contributed by atoms with Crippen LogP contribution >= 0.6 is 0 Å². The summed E-state index contributed by atoms with van der Waals surface area (Å²) in [5, 5.41) is 4.55. The van der Waals surface area contributed by atoms with Gasteiger partial charge in [-0.2, -0.15) is 0 Å². The number of benzene rings is 7. The van der Waals surface area contributed by atoms with Gasteiger partial charge in [-0.05, 0) is 94.9 Å². The lowest BCUT2D eigenvalue weighted by Gasteiger charge is -2.39. The Morgan fingerprint density at radius 1 is 0.450 bits per heavy atom. The highest BCUT2D eigenvalue weighted by atomic mass is 16.5. The van der Waals surface area contributed by atoms with Crippen LogP contribution in [0.3, 0.4) is 0 Å². The number of fused-ring (bicyclic) bond motifs is 15. The molecule has 6 nitrogen and oxygen atoms in total. The van der Waals surface area contributed by atoms with E-state index in [4.69, 9.17) is 21.3 Å². The van der Waals surface area contributed by atoms with Gasteiger partial charge in [0.05, 0.1) is 57.3 Å². The average molecular weight is 766 g/mol. The van der Waals surface area contributed by atoms with Crippen LogP contribution in [0.25, 0.3) is 82.3 Å². The molecule has 60 heavy (non-hydrogen) atoms. The molecule has 1 unspecified atom stereocenters. The number of para-hydroxylation sites is 4. The average Bonchev–Trinajstić information content (AvgIpc) is 3.93. The SMILES string of the molecule is [C-]#[N+]c1ccc2c(c1)c1cc(-c3ccc4c(c3)Oc3ccccc3C43c4cccnc4-c4ncc(-n5c6ccccc6c6ccccc65)cc43)ccc1n2-c1ccccc1. The van der Waals surface area contributed by atoms with Crippen molar-refractivity contribution in [3.63, 3.8) is 0 Å². The van der Waals surface area contributed by atoms with Gasteiger partial charge in [-0.25, -0.2) is 4.85 Å². The highest BCUT2D eigenvalue weighted by molar-refractivity contribution is 6.12. The van der Waals surface area contributed by atoms with Crippen molar-refractivity contribution in [1.29, 1.82) is 0 Å². The molecule has 6 heteroatoms. The molecule has 0 saturated carbocycles. The third kappa shape index (κ3) is 4.30. The zero-order valence-corrected chi connectivity index (χ0v) is 32.0. The molecule has 0 saturated heterocycles. The zero-order chi connectivity index (χ0) is 39.5. The summed E-state index contributed by atoms with van der Waals surface area (Å²) in [6.45, 7) is 7.78. The van der Waals surface area contributed by atoms with E-state index in [1.807, 2.05) is 42.7 Å². The molecule has 1 spiro atoms. The Morgan fingerprint density at radius 2 is 1.07 bits per heavy atom. The van der Waals surface area contributed by atoms with Gasteiger partial charge in [-0.1, -0.05) is 103 Å². The molecule has 0 amide bonds. The molecule has 4 aromatic heterocycles. The van der Waals surface area contributed by atoms with E-state index < -0.39 is 5.41 Å². The van der Waals surface area contributed by atoms with Gasteiger partial charge in [0.2, 0.25) is 0 Å². The minimum atomic E-state index is -0.743. The Morgan fingerprint density at radius 3 is 1.88 bits per heavy atom. The molecule has 5 heterocycles. The number of hydrogen-bond acceptors (Lipinski definition) is 3. The van der Waals surface area contributed by atoms with Crippen LogP contribution < -0.4 is 4.74 Å². The molecule has 0 fully saturated rings. The largest absolute Gasteiger partial charge is 0.457 e. The second-order valence-corrected chi connectivity index (χ2v) is 15.6. The third-order valence-corrected chi connectivity index (χ3v) is 12.7. The van der Waals surface area contributed by atoms with Gasteiger partial charge in [0.15, 0.2) is 5.69 Å². The number of hydrogen-bond donors (Lipinski definition) is 0. The number of pyridine rings is 2. The van der Waals surface area contributed by atoms with E-state index in [0.717, 1.165) is 100 Å². The Bertz CT molecular complexity index is 3610. The van der Waals surface area contributed by atoms with Crippen molar-refractivity contribution in [2.24, 2.45) is 0 Å². The summed E-state index contributed by atoms with van der Waals surface area (Å²) in [6.07, 6.45) is 3.86. The minimum Gasteiger partial charge on any atom is -0.457 e. The minimum absolute atomic E-state index is 0.619. The summed E-state index contributed by atoms with van der Waals surface area (Å²) in [7, 11) is 0. The fourth-order valence-electron chi connectivity index (χ4n) is 10.2. The van der Waals surface area contributed by atoms with Crippen LogP contribution in [0.1, 0.15) is 22.3 Å². The monoisotopic (exact) mass is 765 g/mol. The molecule has 11 aromatic rings. The van der Waals surface area contributed by atoms with Crippen LogP contribution in [0.2, 0.25) is 0 Å². The number of rotatable bonds is 3. The van der Waals surface area contributed by atoms with Crippen LogP contribution in [-0.2, 0) is 5.41 Å². The summed E-state index contributed by atoms with van der Waals surface area (Å²) in [6, 6.07) is 61.8. The van der Waals surface area contributed by atoms with Crippen LogP contribution in [0.4, 0.5) is 5.69 Å². The van der Waals surface area contributed by atoms with E-state index in [1.165, 1.54) is 10.8 Å². The Kier molecular flexibility index (Phi) is 6.62. The van der Waals surface area contributed by atoms with Crippen molar-refractivity contribution in [2.75, 3.05) is 0 Å². The Labute approximate surface area is 344 Å². The number of aromatic nitrogens is 4. The van der Waals surface area contributed by atoms with Crippen molar-refractivity contribution in [3.8, 4) is 45.4 Å². The Balaban J connectivity index is 1.04. The molecule has 1 aliphatic heterocycles. The highest BCUT2D eigenvalue weighted by Crippen LogP contribution is 2.62. The van der Waals surface area contributed by atoms with Gasteiger partial charge in [0.1, 0.15) is 11.5 Å². The van der Waals surface area contributed by atoms with Crippen molar-refractivity contribution < 1.29 is 4.74 Å². The van der Waals surface area contributed by atoms with E-state index in [-0.39, 0.29) is 0 Å². The molecular weight excluding hydrogens is 735 g/mol. The summed E-state index contributed by atoms with van der Waals surface area (Å²) in [4.78, 5) is 14.1. The molecule has 7 aromatic carbocycles. The van der Waals surface area contributed by atoms with Crippen LogP contribution in [-0.4, -0.2) is 19.1 Å².